The summed E-state index contributed by atoms with van der Waals surface area (Å²) in [5, 5.41) is 0. The third-order valence-electron chi connectivity index (χ3n) is 3.95. The van der Waals surface area contributed by atoms with Crippen molar-refractivity contribution in [2.45, 2.75) is 32.7 Å². The number of hydrogen-bond donors (Lipinski definition) is 1. The fourth-order valence-electron chi connectivity index (χ4n) is 2.94. The SMILES string of the molecule is COc1ccc(C(CN)N2CCCC(C)(C)C2)cn1. The zero-order chi connectivity index (χ0) is 13.9. The van der Waals surface area contributed by atoms with E-state index in [1.54, 1.807) is 7.11 Å². The summed E-state index contributed by atoms with van der Waals surface area (Å²) in [4.78, 5) is 6.79. The van der Waals surface area contributed by atoms with E-state index in [-0.39, 0.29) is 6.04 Å². The molecule has 0 saturated carbocycles. The second-order valence-corrected chi connectivity index (χ2v) is 6.12. The second-order valence-electron chi connectivity index (χ2n) is 6.12. The fraction of sp³-hybridized carbons (Fsp3) is 0.667. The number of hydrogen-bond acceptors (Lipinski definition) is 4. The Hall–Kier alpha value is -1.13. The monoisotopic (exact) mass is 263 g/mol. The molecule has 1 fully saturated rings. The van der Waals surface area contributed by atoms with Gasteiger partial charge in [0, 0.05) is 31.4 Å². The summed E-state index contributed by atoms with van der Waals surface area (Å²) in [6, 6.07) is 4.25. The minimum Gasteiger partial charge on any atom is -0.481 e. The summed E-state index contributed by atoms with van der Waals surface area (Å²) in [7, 11) is 1.63. The maximum atomic E-state index is 5.99. The van der Waals surface area contributed by atoms with Crippen LogP contribution in [0.5, 0.6) is 5.88 Å². The van der Waals surface area contributed by atoms with Crippen LogP contribution in [0.15, 0.2) is 18.3 Å². The fourth-order valence-corrected chi connectivity index (χ4v) is 2.94. The highest BCUT2D eigenvalue weighted by molar-refractivity contribution is 5.21. The second kappa shape index (κ2) is 5.88. The largest absolute Gasteiger partial charge is 0.481 e. The molecule has 2 heterocycles. The Bertz CT molecular complexity index is 402. The number of pyridine rings is 1. The number of piperidine rings is 1. The van der Waals surface area contributed by atoms with Crippen LogP contribution in [0, 0.1) is 5.41 Å². The first-order chi connectivity index (χ1) is 9.05. The third kappa shape index (κ3) is 3.45. The van der Waals surface area contributed by atoms with Gasteiger partial charge in [0.15, 0.2) is 0 Å². The molecular formula is C15H25N3O. The van der Waals surface area contributed by atoms with Crippen molar-refractivity contribution in [3.63, 3.8) is 0 Å². The normalized spacial score (nSPS) is 21.1. The van der Waals surface area contributed by atoms with E-state index in [0.29, 0.717) is 17.8 Å². The average molecular weight is 263 g/mol. The van der Waals surface area contributed by atoms with Crippen molar-refractivity contribution in [3.05, 3.63) is 23.9 Å². The Balaban J connectivity index is 2.14. The Kier molecular flexibility index (Phi) is 4.42. The van der Waals surface area contributed by atoms with Crippen LogP contribution in [-0.4, -0.2) is 36.6 Å². The van der Waals surface area contributed by atoms with Gasteiger partial charge in [0.25, 0.3) is 0 Å². The highest BCUT2D eigenvalue weighted by Gasteiger charge is 2.30. The van der Waals surface area contributed by atoms with Gasteiger partial charge < -0.3 is 10.5 Å². The molecule has 1 aromatic rings. The molecule has 0 bridgehead atoms. The predicted molar refractivity (Wildman–Crippen MR) is 77.2 cm³/mol. The summed E-state index contributed by atoms with van der Waals surface area (Å²) in [5.41, 5.74) is 7.56. The number of ether oxygens (including phenoxy) is 1. The lowest BCUT2D eigenvalue weighted by Crippen LogP contribution is -2.44. The van der Waals surface area contributed by atoms with Gasteiger partial charge in [-0.1, -0.05) is 19.9 Å². The lowest BCUT2D eigenvalue weighted by Gasteiger charge is -2.42. The van der Waals surface area contributed by atoms with Gasteiger partial charge in [-0.05, 0) is 30.4 Å². The van der Waals surface area contributed by atoms with Gasteiger partial charge in [0.05, 0.1) is 7.11 Å². The molecule has 4 heteroatoms. The van der Waals surface area contributed by atoms with Crippen LogP contribution in [0.2, 0.25) is 0 Å². The minimum absolute atomic E-state index is 0.262. The molecule has 1 aromatic heterocycles. The molecule has 4 nitrogen and oxygen atoms in total. The van der Waals surface area contributed by atoms with Crippen LogP contribution < -0.4 is 10.5 Å². The molecule has 1 aliphatic rings. The van der Waals surface area contributed by atoms with E-state index in [1.165, 1.54) is 18.4 Å². The van der Waals surface area contributed by atoms with E-state index >= 15 is 0 Å². The zero-order valence-corrected chi connectivity index (χ0v) is 12.2. The summed E-state index contributed by atoms with van der Waals surface area (Å²) in [6.45, 7) is 7.51. The van der Waals surface area contributed by atoms with Gasteiger partial charge in [-0.3, -0.25) is 4.90 Å². The first-order valence-corrected chi connectivity index (χ1v) is 7.00. The van der Waals surface area contributed by atoms with E-state index in [1.807, 2.05) is 12.3 Å². The summed E-state index contributed by atoms with van der Waals surface area (Å²) in [6.07, 6.45) is 4.42. The van der Waals surface area contributed by atoms with Gasteiger partial charge in [-0.2, -0.15) is 0 Å². The number of methoxy groups -OCH3 is 1. The molecule has 1 aliphatic heterocycles. The van der Waals surface area contributed by atoms with Crippen molar-refractivity contribution in [1.82, 2.24) is 9.88 Å². The van der Waals surface area contributed by atoms with Gasteiger partial charge in [-0.25, -0.2) is 4.98 Å². The van der Waals surface area contributed by atoms with Crippen LogP contribution in [0.4, 0.5) is 0 Å². The van der Waals surface area contributed by atoms with Crippen molar-refractivity contribution < 1.29 is 4.74 Å². The predicted octanol–water partition coefficient (Wildman–Crippen LogP) is 2.21. The summed E-state index contributed by atoms with van der Waals surface area (Å²) >= 11 is 0. The Morgan fingerprint density at radius 2 is 2.26 bits per heavy atom. The maximum absolute atomic E-state index is 5.99. The number of nitrogens with zero attached hydrogens (tertiary/aromatic N) is 2. The van der Waals surface area contributed by atoms with Crippen LogP contribution in [0.1, 0.15) is 38.3 Å². The molecule has 0 amide bonds. The van der Waals surface area contributed by atoms with Crippen molar-refractivity contribution in [2.75, 3.05) is 26.7 Å². The lowest BCUT2D eigenvalue weighted by atomic mass is 9.83. The van der Waals surface area contributed by atoms with Gasteiger partial charge in [0.1, 0.15) is 0 Å². The molecular weight excluding hydrogens is 238 g/mol. The highest BCUT2D eigenvalue weighted by Crippen LogP contribution is 2.33. The smallest absolute Gasteiger partial charge is 0.212 e. The number of nitrogens with two attached hydrogens (primary N) is 1. The van der Waals surface area contributed by atoms with E-state index in [0.717, 1.165) is 13.1 Å². The molecule has 1 unspecified atom stereocenters. The molecule has 2 rings (SSSR count). The number of rotatable bonds is 4. The van der Waals surface area contributed by atoms with Crippen molar-refractivity contribution in [2.24, 2.45) is 11.1 Å². The van der Waals surface area contributed by atoms with E-state index in [9.17, 15) is 0 Å². The van der Waals surface area contributed by atoms with Crippen molar-refractivity contribution in [3.8, 4) is 5.88 Å². The first-order valence-electron chi connectivity index (χ1n) is 7.00. The maximum Gasteiger partial charge on any atom is 0.212 e. The van der Waals surface area contributed by atoms with E-state index in [4.69, 9.17) is 10.5 Å². The topological polar surface area (TPSA) is 51.4 Å². The Morgan fingerprint density at radius 1 is 1.47 bits per heavy atom. The molecule has 0 radical (unpaired) electrons. The van der Waals surface area contributed by atoms with Gasteiger partial charge in [-0.15, -0.1) is 0 Å². The van der Waals surface area contributed by atoms with Gasteiger partial charge in [0.2, 0.25) is 5.88 Å². The molecule has 2 N–H and O–H groups in total. The standard InChI is InChI=1S/C15H25N3O/c1-15(2)7-4-8-18(11-15)13(9-16)12-5-6-14(19-3)17-10-12/h5-6,10,13H,4,7-9,11,16H2,1-3H3. The van der Waals surface area contributed by atoms with Gasteiger partial charge >= 0.3 is 0 Å². The van der Waals surface area contributed by atoms with Crippen LogP contribution in [0.25, 0.3) is 0 Å². The Labute approximate surface area is 116 Å². The van der Waals surface area contributed by atoms with Crippen LogP contribution in [0.3, 0.4) is 0 Å². The van der Waals surface area contributed by atoms with Crippen molar-refractivity contribution >= 4 is 0 Å². The average Bonchev–Trinajstić information content (AvgIpc) is 2.39. The quantitative estimate of drug-likeness (QED) is 0.905. The molecule has 0 aromatic carbocycles. The molecule has 106 valence electrons. The number of likely N-dealkylation sites (tertiary alicyclic amines) is 1. The van der Waals surface area contributed by atoms with Crippen LogP contribution >= 0.6 is 0 Å². The zero-order valence-electron chi connectivity index (χ0n) is 12.2. The van der Waals surface area contributed by atoms with E-state index in [2.05, 4.69) is 29.8 Å². The highest BCUT2D eigenvalue weighted by atomic mass is 16.5. The number of aromatic nitrogens is 1. The molecule has 1 atom stereocenters. The first kappa shape index (κ1) is 14.3. The van der Waals surface area contributed by atoms with Crippen molar-refractivity contribution in [1.29, 1.82) is 0 Å². The summed E-state index contributed by atoms with van der Waals surface area (Å²) < 4.78 is 5.11. The Morgan fingerprint density at radius 3 is 2.79 bits per heavy atom. The minimum atomic E-state index is 0.262. The van der Waals surface area contributed by atoms with Crippen LogP contribution in [-0.2, 0) is 0 Å². The third-order valence-corrected chi connectivity index (χ3v) is 3.95. The van der Waals surface area contributed by atoms with E-state index < -0.39 is 0 Å². The molecule has 1 saturated heterocycles. The molecule has 0 spiro atoms. The molecule has 0 aliphatic carbocycles. The molecule has 19 heavy (non-hydrogen) atoms. The lowest BCUT2D eigenvalue weighted by molar-refractivity contribution is 0.0805. The summed E-state index contributed by atoms with van der Waals surface area (Å²) in [5.74, 6) is 0.651.